The molecule has 0 radical (unpaired) electrons. The number of benzene rings is 2. The maximum atomic E-state index is 5.87. The van der Waals surface area contributed by atoms with E-state index in [-0.39, 0.29) is 10.8 Å². The van der Waals surface area contributed by atoms with Crippen LogP contribution in [-0.4, -0.2) is 3.21 Å². The zero-order chi connectivity index (χ0) is 27.5. The molecule has 0 bridgehead atoms. The van der Waals surface area contributed by atoms with Gasteiger partial charge in [-0.05, 0) is 0 Å². The van der Waals surface area contributed by atoms with E-state index in [2.05, 4.69) is 97.0 Å². The van der Waals surface area contributed by atoms with Gasteiger partial charge >= 0.3 is 245 Å². The molecule has 1 nitrogen and oxygen atoms in total. The number of fused-ring (bicyclic) bond motifs is 3. The van der Waals surface area contributed by atoms with Gasteiger partial charge in [-0.1, -0.05) is 0 Å². The zero-order valence-corrected chi connectivity index (χ0v) is 27.5. The van der Waals surface area contributed by atoms with Crippen LogP contribution in [0.5, 0.6) is 0 Å². The first-order chi connectivity index (χ1) is 18.5. The topological polar surface area (TPSA) is 13.1 Å². The van der Waals surface area contributed by atoms with Gasteiger partial charge in [-0.25, -0.2) is 0 Å². The predicted molar refractivity (Wildman–Crippen MR) is 164 cm³/mol. The molecule has 0 N–H and O–H groups in total. The molecule has 1 saturated carbocycles. The molecule has 0 saturated heterocycles. The minimum atomic E-state index is -2.37. The van der Waals surface area contributed by atoms with E-state index in [9.17, 15) is 0 Å². The van der Waals surface area contributed by atoms with Crippen molar-refractivity contribution in [3.05, 3.63) is 92.2 Å². The SMILES string of the molecule is CC1C=C(c2ccco2)C=[C]1[Zr](=[C]1CCCCC1)[c]1cc(C(C)(C)C)cc2c1Cc1ccc(C(C)(C)C)cc1-2. The fourth-order valence-electron chi connectivity index (χ4n) is 6.78. The molecule has 3 aromatic rings. The second-order valence-electron chi connectivity index (χ2n) is 14.1. The van der Waals surface area contributed by atoms with Crippen LogP contribution in [0.3, 0.4) is 0 Å². The van der Waals surface area contributed by atoms with Crippen LogP contribution in [0.4, 0.5) is 0 Å². The van der Waals surface area contributed by atoms with Gasteiger partial charge in [-0.3, -0.25) is 0 Å². The Balaban J connectivity index is 1.59. The summed E-state index contributed by atoms with van der Waals surface area (Å²) in [5, 5.41) is 0. The first-order valence-electron chi connectivity index (χ1n) is 15.0. The molecule has 1 heterocycles. The monoisotopic (exact) mass is 594 g/mol. The van der Waals surface area contributed by atoms with Crippen molar-refractivity contribution in [3.63, 3.8) is 0 Å². The number of hydrogen-bond acceptors (Lipinski definition) is 1. The number of allylic oxidation sites excluding steroid dienone is 4. The molecule has 1 atom stereocenters. The van der Waals surface area contributed by atoms with Gasteiger partial charge in [-0.2, -0.15) is 0 Å². The Kier molecular flexibility index (Phi) is 7.03. The van der Waals surface area contributed by atoms with Crippen LogP contribution in [0.25, 0.3) is 16.7 Å². The molecule has 1 unspecified atom stereocenters. The molecule has 39 heavy (non-hydrogen) atoms. The van der Waals surface area contributed by atoms with E-state index in [1.54, 1.807) is 12.1 Å². The van der Waals surface area contributed by atoms with Crippen LogP contribution in [0.2, 0.25) is 0 Å². The quantitative estimate of drug-likeness (QED) is 0.230. The van der Waals surface area contributed by atoms with E-state index >= 15 is 0 Å². The van der Waals surface area contributed by atoms with Crippen molar-refractivity contribution in [2.24, 2.45) is 5.92 Å². The van der Waals surface area contributed by atoms with Crippen molar-refractivity contribution in [3.8, 4) is 11.1 Å². The van der Waals surface area contributed by atoms with Gasteiger partial charge in [0.05, 0.1) is 0 Å². The summed E-state index contributed by atoms with van der Waals surface area (Å²) in [6.07, 6.45) is 14.7. The Morgan fingerprint density at radius 3 is 2.21 bits per heavy atom. The Hall–Kier alpha value is -2.05. The molecule has 202 valence electrons. The molecule has 2 aromatic carbocycles. The molecule has 6 rings (SSSR count). The average Bonchev–Trinajstić information content (AvgIpc) is 3.62. The minimum absolute atomic E-state index is 0.118. The standard InChI is InChI=1S/C21H25.C10H9O.C6H10.Zr/c1-20(2,3)16-9-7-14-11-15-8-10-17(21(4,5)6)13-19(15)18(14)12-16;1-8-4-5-9(7-8)10-3-2-6-11-10;1-2-4-6-5-3-1;/h7,9-10,12-13H,11H2,1-6H3;2-3,5-8H,1H3;1-5H2;. The summed E-state index contributed by atoms with van der Waals surface area (Å²) in [7, 11) is 0. The summed E-state index contributed by atoms with van der Waals surface area (Å²) in [6, 6.07) is 16.7. The molecule has 1 aromatic heterocycles. The van der Waals surface area contributed by atoms with Gasteiger partial charge in [-0.15, -0.1) is 0 Å². The third kappa shape index (κ3) is 5.12. The summed E-state index contributed by atoms with van der Waals surface area (Å²) in [5.41, 5.74) is 10.7. The van der Waals surface area contributed by atoms with E-state index in [0.717, 1.165) is 12.2 Å². The molecule has 0 amide bonds. The maximum absolute atomic E-state index is 5.87. The summed E-state index contributed by atoms with van der Waals surface area (Å²) in [5.74, 6) is 1.50. The van der Waals surface area contributed by atoms with Crippen LogP contribution in [-0.2, 0) is 38.5 Å². The van der Waals surface area contributed by atoms with E-state index in [0.29, 0.717) is 5.92 Å². The zero-order valence-electron chi connectivity index (χ0n) is 25.0. The third-order valence-corrected chi connectivity index (χ3v) is 17.4. The van der Waals surface area contributed by atoms with Crippen molar-refractivity contribution in [2.75, 3.05) is 0 Å². The molecule has 3 aliphatic carbocycles. The predicted octanol–water partition coefficient (Wildman–Crippen LogP) is 9.44. The van der Waals surface area contributed by atoms with Gasteiger partial charge in [0.15, 0.2) is 0 Å². The summed E-state index contributed by atoms with van der Waals surface area (Å²) >= 11 is -2.37. The Labute approximate surface area is 243 Å². The van der Waals surface area contributed by atoms with E-state index < -0.39 is 21.3 Å². The normalized spacial score (nSPS) is 19.1. The molecule has 1 fully saturated rings. The first-order valence-corrected chi connectivity index (χ1v) is 18.7. The van der Waals surface area contributed by atoms with Crippen LogP contribution >= 0.6 is 0 Å². The fourth-order valence-corrected chi connectivity index (χ4v) is 15.7. The molecule has 0 aliphatic heterocycles. The van der Waals surface area contributed by atoms with Crippen molar-refractivity contribution in [2.45, 2.75) is 97.8 Å². The second kappa shape index (κ2) is 10.1. The van der Waals surface area contributed by atoms with Crippen molar-refractivity contribution in [1.29, 1.82) is 0 Å². The summed E-state index contributed by atoms with van der Waals surface area (Å²) in [4.78, 5) is 0. The number of rotatable bonds is 3. The molecule has 0 spiro atoms. The molecular weight excluding hydrogens is 552 g/mol. The van der Waals surface area contributed by atoms with E-state index in [4.69, 9.17) is 4.42 Å². The van der Waals surface area contributed by atoms with Gasteiger partial charge in [0.2, 0.25) is 0 Å². The second-order valence-corrected chi connectivity index (χ2v) is 20.5. The van der Waals surface area contributed by atoms with Gasteiger partial charge in [0.25, 0.3) is 0 Å². The van der Waals surface area contributed by atoms with Crippen LogP contribution in [0.1, 0.15) is 109 Å². The third-order valence-electron chi connectivity index (χ3n) is 9.15. The van der Waals surface area contributed by atoms with Gasteiger partial charge < -0.3 is 0 Å². The first kappa shape index (κ1) is 27.1. The molecule has 2 heteroatoms. The Bertz CT molecular complexity index is 1500. The number of hydrogen-bond donors (Lipinski definition) is 0. The summed E-state index contributed by atoms with van der Waals surface area (Å²) in [6.45, 7) is 16.6. The van der Waals surface area contributed by atoms with Crippen molar-refractivity contribution in [1.82, 2.24) is 0 Å². The Morgan fingerprint density at radius 1 is 0.821 bits per heavy atom. The number of furan rings is 1. The fraction of sp³-hybridized carbons (Fsp3) is 0.432. The van der Waals surface area contributed by atoms with E-state index in [1.165, 1.54) is 65.5 Å². The van der Waals surface area contributed by atoms with Crippen LogP contribution in [0, 0.1) is 5.92 Å². The van der Waals surface area contributed by atoms with Crippen molar-refractivity contribution >= 4 is 12.1 Å². The van der Waals surface area contributed by atoms with Crippen LogP contribution in [0.15, 0.2) is 68.6 Å². The van der Waals surface area contributed by atoms with Gasteiger partial charge in [0.1, 0.15) is 0 Å². The Morgan fingerprint density at radius 2 is 1.54 bits per heavy atom. The molecule has 3 aliphatic rings. The van der Waals surface area contributed by atoms with Crippen LogP contribution < -0.4 is 3.27 Å². The average molecular weight is 596 g/mol. The molecular formula is C37H44OZr. The summed E-state index contributed by atoms with van der Waals surface area (Å²) < 4.78 is 11.3. The van der Waals surface area contributed by atoms with E-state index in [1.807, 2.05) is 15.5 Å². The van der Waals surface area contributed by atoms with Crippen molar-refractivity contribution < 1.29 is 25.7 Å². The van der Waals surface area contributed by atoms with Gasteiger partial charge in [0, 0.05) is 0 Å².